The monoisotopic (exact) mass is 273 g/mol. The van der Waals surface area contributed by atoms with Crippen molar-refractivity contribution in [3.8, 4) is 5.69 Å². The van der Waals surface area contributed by atoms with E-state index >= 15 is 0 Å². The van der Waals surface area contributed by atoms with Crippen LogP contribution in [0.4, 0.5) is 14.7 Å². The lowest BCUT2D eigenvalue weighted by atomic mass is 10.2. The summed E-state index contributed by atoms with van der Waals surface area (Å²) in [6.45, 7) is 3.43. The number of hydrogen-bond acceptors (Lipinski definition) is 2. The fraction of sp³-hybridized carbons (Fsp3) is 0.133. The Hall–Kier alpha value is -2.43. The van der Waals surface area contributed by atoms with E-state index in [0.717, 1.165) is 17.7 Å². The molecule has 0 aliphatic heterocycles. The zero-order valence-electron chi connectivity index (χ0n) is 11.1. The molecule has 2 N–H and O–H groups in total. The molecule has 0 amide bonds. The van der Waals surface area contributed by atoms with Gasteiger partial charge in [0.25, 0.3) is 0 Å². The van der Waals surface area contributed by atoms with Crippen molar-refractivity contribution >= 4 is 17.0 Å². The van der Waals surface area contributed by atoms with Gasteiger partial charge in [0.05, 0.1) is 16.7 Å². The maximum atomic E-state index is 14.1. The Morgan fingerprint density at radius 2 is 1.80 bits per heavy atom. The van der Waals surface area contributed by atoms with Crippen LogP contribution in [0.1, 0.15) is 11.1 Å². The Balaban J connectivity index is 2.37. The summed E-state index contributed by atoms with van der Waals surface area (Å²) in [5.74, 6) is -0.875. The van der Waals surface area contributed by atoms with Gasteiger partial charge in [-0.3, -0.25) is 4.57 Å². The largest absolute Gasteiger partial charge is 0.369 e. The number of nitrogen functional groups attached to an aromatic ring is 1. The molecule has 0 aliphatic rings. The summed E-state index contributed by atoms with van der Waals surface area (Å²) in [6, 6.07) is 7.84. The summed E-state index contributed by atoms with van der Waals surface area (Å²) in [5.41, 5.74) is 8.47. The van der Waals surface area contributed by atoms with Crippen molar-refractivity contribution in [1.82, 2.24) is 9.55 Å². The average Bonchev–Trinajstić information content (AvgIpc) is 2.69. The lowest BCUT2D eigenvalue weighted by Gasteiger charge is -2.09. The molecule has 0 aliphatic carbocycles. The van der Waals surface area contributed by atoms with Crippen molar-refractivity contribution in [2.45, 2.75) is 13.8 Å². The highest BCUT2D eigenvalue weighted by Crippen LogP contribution is 2.27. The van der Waals surface area contributed by atoms with Crippen molar-refractivity contribution in [1.29, 1.82) is 0 Å². The first kappa shape index (κ1) is 12.6. The molecule has 0 spiro atoms. The van der Waals surface area contributed by atoms with Crippen LogP contribution in [0, 0.1) is 25.5 Å². The van der Waals surface area contributed by atoms with E-state index in [9.17, 15) is 8.78 Å². The third-order valence-electron chi connectivity index (χ3n) is 3.30. The van der Waals surface area contributed by atoms with Gasteiger partial charge >= 0.3 is 0 Å². The minimum atomic E-state index is -0.531. The zero-order valence-corrected chi connectivity index (χ0v) is 11.1. The molecule has 0 bridgehead atoms. The smallest absolute Gasteiger partial charge is 0.206 e. The van der Waals surface area contributed by atoms with E-state index in [0.29, 0.717) is 11.0 Å². The molecule has 20 heavy (non-hydrogen) atoms. The van der Waals surface area contributed by atoms with Gasteiger partial charge in [0.2, 0.25) is 5.95 Å². The lowest BCUT2D eigenvalue weighted by molar-refractivity contribution is 0.587. The van der Waals surface area contributed by atoms with Crippen LogP contribution in [0.5, 0.6) is 0 Å². The molecule has 0 unspecified atom stereocenters. The second-order valence-electron chi connectivity index (χ2n) is 4.85. The molecular weight excluding hydrogens is 260 g/mol. The van der Waals surface area contributed by atoms with E-state index in [1.165, 1.54) is 11.5 Å². The number of aromatic nitrogens is 2. The fourth-order valence-electron chi connectivity index (χ4n) is 2.26. The molecule has 3 aromatic rings. The standard InChI is InChI=1S/C15H13F2N3/c1-8-3-4-12-14(5-8)20(15(18)19-12)13-7-10(16)9(2)6-11(13)17/h3-7H,1-2H3,(H2,18,19). The quantitative estimate of drug-likeness (QED) is 0.737. The van der Waals surface area contributed by atoms with Crippen LogP contribution in [-0.2, 0) is 0 Å². The first-order chi connectivity index (χ1) is 9.47. The van der Waals surface area contributed by atoms with Crippen molar-refractivity contribution in [3.05, 3.63) is 53.1 Å². The number of fused-ring (bicyclic) bond motifs is 1. The molecule has 3 nitrogen and oxygen atoms in total. The Morgan fingerprint density at radius 3 is 2.55 bits per heavy atom. The topological polar surface area (TPSA) is 43.8 Å². The van der Waals surface area contributed by atoms with E-state index in [1.807, 2.05) is 19.1 Å². The number of aryl methyl sites for hydroxylation is 2. The third kappa shape index (κ3) is 1.82. The van der Waals surface area contributed by atoms with Gasteiger partial charge in [0.1, 0.15) is 11.6 Å². The van der Waals surface area contributed by atoms with Gasteiger partial charge < -0.3 is 5.73 Å². The summed E-state index contributed by atoms with van der Waals surface area (Å²) < 4.78 is 29.3. The molecule has 0 atom stereocenters. The number of nitrogens with zero attached hydrogens (tertiary/aromatic N) is 2. The maximum Gasteiger partial charge on any atom is 0.206 e. The van der Waals surface area contributed by atoms with E-state index in [2.05, 4.69) is 4.98 Å². The minimum Gasteiger partial charge on any atom is -0.369 e. The molecule has 1 heterocycles. The summed E-state index contributed by atoms with van der Waals surface area (Å²) in [4.78, 5) is 4.18. The van der Waals surface area contributed by atoms with Gasteiger partial charge in [-0.05, 0) is 43.2 Å². The van der Waals surface area contributed by atoms with E-state index in [1.54, 1.807) is 6.07 Å². The predicted octanol–water partition coefficient (Wildman–Crippen LogP) is 3.50. The second kappa shape index (κ2) is 4.30. The molecule has 0 saturated carbocycles. The van der Waals surface area contributed by atoms with Crippen LogP contribution in [0.3, 0.4) is 0 Å². The molecule has 5 heteroatoms. The van der Waals surface area contributed by atoms with E-state index in [4.69, 9.17) is 5.73 Å². The van der Waals surface area contributed by atoms with Gasteiger partial charge in [0, 0.05) is 6.07 Å². The van der Waals surface area contributed by atoms with Gasteiger partial charge in [-0.2, -0.15) is 0 Å². The Labute approximate surface area is 114 Å². The first-order valence-electron chi connectivity index (χ1n) is 6.18. The number of nitrogens with two attached hydrogens (primary N) is 1. The minimum absolute atomic E-state index is 0.0682. The predicted molar refractivity (Wildman–Crippen MR) is 74.9 cm³/mol. The van der Waals surface area contributed by atoms with Crippen LogP contribution < -0.4 is 5.73 Å². The van der Waals surface area contributed by atoms with Crippen molar-refractivity contribution < 1.29 is 8.78 Å². The molecule has 3 rings (SSSR count). The molecule has 2 aromatic carbocycles. The highest BCUT2D eigenvalue weighted by atomic mass is 19.1. The summed E-state index contributed by atoms with van der Waals surface area (Å²) in [6.07, 6.45) is 0. The van der Waals surface area contributed by atoms with Gasteiger partial charge in [-0.1, -0.05) is 6.07 Å². The fourth-order valence-corrected chi connectivity index (χ4v) is 2.26. The van der Waals surface area contributed by atoms with Crippen LogP contribution in [0.15, 0.2) is 30.3 Å². The van der Waals surface area contributed by atoms with E-state index < -0.39 is 11.6 Å². The summed E-state index contributed by atoms with van der Waals surface area (Å²) in [7, 11) is 0. The number of rotatable bonds is 1. The van der Waals surface area contributed by atoms with Crippen LogP contribution in [0.25, 0.3) is 16.7 Å². The maximum absolute atomic E-state index is 14.1. The SMILES string of the molecule is Cc1ccc2nc(N)n(-c3cc(F)c(C)cc3F)c2c1. The van der Waals surface area contributed by atoms with Crippen LogP contribution in [-0.4, -0.2) is 9.55 Å². The highest BCUT2D eigenvalue weighted by molar-refractivity contribution is 5.81. The number of halogens is 2. The number of anilines is 1. The zero-order chi connectivity index (χ0) is 14.4. The Bertz CT molecular complexity index is 822. The number of benzene rings is 2. The average molecular weight is 273 g/mol. The molecule has 0 radical (unpaired) electrons. The number of imidazole rings is 1. The van der Waals surface area contributed by atoms with Crippen LogP contribution >= 0.6 is 0 Å². The Morgan fingerprint density at radius 1 is 1.05 bits per heavy atom. The van der Waals surface area contributed by atoms with Gasteiger partial charge in [-0.15, -0.1) is 0 Å². The first-order valence-corrected chi connectivity index (χ1v) is 6.18. The van der Waals surface area contributed by atoms with Crippen molar-refractivity contribution in [2.75, 3.05) is 5.73 Å². The second-order valence-corrected chi connectivity index (χ2v) is 4.85. The van der Waals surface area contributed by atoms with Gasteiger partial charge in [-0.25, -0.2) is 13.8 Å². The van der Waals surface area contributed by atoms with Crippen LogP contribution in [0.2, 0.25) is 0 Å². The molecule has 1 aromatic heterocycles. The highest BCUT2D eigenvalue weighted by Gasteiger charge is 2.15. The number of hydrogen-bond donors (Lipinski definition) is 1. The van der Waals surface area contributed by atoms with E-state index in [-0.39, 0.29) is 17.2 Å². The molecule has 102 valence electrons. The van der Waals surface area contributed by atoms with Gasteiger partial charge in [0.15, 0.2) is 0 Å². The molecular formula is C15H13F2N3. The molecule has 0 saturated heterocycles. The molecule has 0 fully saturated rings. The summed E-state index contributed by atoms with van der Waals surface area (Å²) in [5, 5.41) is 0. The normalized spacial score (nSPS) is 11.2. The lowest BCUT2D eigenvalue weighted by Crippen LogP contribution is -2.04. The van der Waals surface area contributed by atoms with Crippen molar-refractivity contribution in [2.24, 2.45) is 0 Å². The summed E-state index contributed by atoms with van der Waals surface area (Å²) >= 11 is 0. The van der Waals surface area contributed by atoms with Crippen molar-refractivity contribution in [3.63, 3.8) is 0 Å². The third-order valence-corrected chi connectivity index (χ3v) is 3.30. The Kier molecular flexibility index (Phi) is 2.71.